The van der Waals surface area contributed by atoms with E-state index in [1.807, 2.05) is 30.5 Å². The maximum atomic E-state index is 12.1. The van der Waals surface area contributed by atoms with Gasteiger partial charge in [-0.05, 0) is 48.2 Å². The third-order valence-electron chi connectivity index (χ3n) is 3.52. The summed E-state index contributed by atoms with van der Waals surface area (Å²) in [6.07, 6.45) is 1.20. The van der Waals surface area contributed by atoms with Crippen molar-refractivity contribution in [2.75, 3.05) is 19.9 Å². The van der Waals surface area contributed by atoms with Gasteiger partial charge in [0, 0.05) is 17.0 Å². The first-order chi connectivity index (χ1) is 11.5. The van der Waals surface area contributed by atoms with Gasteiger partial charge in [0.1, 0.15) is 0 Å². The predicted molar refractivity (Wildman–Crippen MR) is 93.3 cm³/mol. The molecule has 2 aromatic rings. The van der Waals surface area contributed by atoms with Crippen molar-refractivity contribution in [3.05, 3.63) is 65.2 Å². The Morgan fingerprint density at radius 1 is 1.08 bits per heavy atom. The number of ether oxygens (including phenoxy) is 1. The van der Waals surface area contributed by atoms with Gasteiger partial charge in [-0.3, -0.25) is 4.79 Å². The predicted octanol–water partition coefficient (Wildman–Crippen LogP) is 2.66. The van der Waals surface area contributed by atoms with Crippen molar-refractivity contribution in [3.63, 3.8) is 0 Å². The lowest BCUT2D eigenvalue weighted by Gasteiger charge is -2.13. The van der Waals surface area contributed by atoms with Crippen LogP contribution in [0.15, 0.2) is 53.4 Å². The van der Waals surface area contributed by atoms with Gasteiger partial charge in [-0.2, -0.15) is 0 Å². The van der Waals surface area contributed by atoms with Crippen LogP contribution in [0.4, 0.5) is 0 Å². The number of methoxy groups -OCH3 is 1. The molecule has 0 heterocycles. The Morgan fingerprint density at radius 2 is 1.67 bits per heavy atom. The van der Waals surface area contributed by atoms with Gasteiger partial charge in [0.25, 0.3) is 5.91 Å². The Balaban J connectivity index is 1.93. The molecule has 0 aliphatic carbocycles. The van der Waals surface area contributed by atoms with E-state index < -0.39 is 12.1 Å². The Bertz CT molecular complexity index is 698. The quantitative estimate of drug-likeness (QED) is 0.622. The highest BCUT2D eigenvalue weighted by molar-refractivity contribution is 7.98. The van der Waals surface area contributed by atoms with Crippen LogP contribution in [-0.4, -0.2) is 36.9 Å². The van der Waals surface area contributed by atoms with Crippen molar-refractivity contribution in [2.24, 2.45) is 0 Å². The van der Waals surface area contributed by atoms with Crippen molar-refractivity contribution < 1.29 is 19.4 Å². The van der Waals surface area contributed by atoms with Crippen molar-refractivity contribution in [1.29, 1.82) is 0 Å². The number of thioether (sulfide) groups is 1. The SMILES string of the molecule is COC(=O)c1ccc(C(=O)NCC(O)c2ccc(SC)cc2)cc1. The second-order valence-corrected chi connectivity index (χ2v) is 5.95. The highest BCUT2D eigenvalue weighted by atomic mass is 32.2. The van der Waals surface area contributed by atoms with E-state index in [2.05, 4.69) is 10.1 Å². The molecule has 2 aromatic carbocycles. The van der Waals surface area contributed by atoms with Crippen molar-refractivity contribution >= 4 is 23.6 Å². The molecule has 0 aliphatic rings. The molecular weight excluding hydrogens is 326 g/mol. The number of amides is 1. The number of aliphatic hydroxyl groups is 1. The Morgan fingerprint density at radius 3 is 2.21 bits per heavy atom. The number of benzene rings is 2. The number of rotatable bonds is 6. The minimum absolute atomic E-state index is 0.107. The van der Waals surface area contributed by atoms with Crippen LogP contribution in [0.5, 0.6) is 0 Å². The molecule has 6 heteroatoms. The molecule has 0 bridgehead atoms. The normalized spacial score (nSPS) is 11.6. The number of esters is 1. The van der Waals surface area contributed by atoms with Gasteiger partial charge in [-0.15, -0.1) is 11.8 Å². The lowest BCUT2D eigenvalue weighted by Crippen LogP contribution is -2.28. The van der Waals surface area contributed by atoms with Crippen molar-refractivity contribution in [1.82, 2.24) is 5.32 Å². The minimum Gasteiger partial charge on any atom is -0.465 e. The number of hydrogen-bond donors (Lipinski definition) is 2. The zero-order valence-electron chi connectivity index (χ0n) is 13.5. The molecule has 2 rings (SSSR count). The van der Waals surface area contributed by atoms with Gasteiger partial charge in [0.15, 0.2) is 0 Å². The Kier molecular flexibility index (Phi) is 6.40. The zero-order chi connectivity index (χ0) is 17.5. The summed E-state index contributed by atoms with van der Waals surface area (Å²) >= 11 is 1.63. The summed E-state index contributed by atoms with van der Waals surface area (Å²) < 4.78 is 4.61. The number of hydrogen-bond acceptors (Lipinski definition) is 5. The molecule has 1 atom stereocenters. The molecule has 0 saturated heterocycles. The van der Waals surface area contributed by atoms with Gasteiger partial charge < -0.3 is 15.2 Å². The van der Waals surface area contributed by atoms with Crippen LogP contribution in [0.3, 0.4) is 0 Å². The van der Waals surface area contributed by atoms with E-state index in [1.54, 1.807) is 23.9 Å². The third kappa shape index (κ3) is 4.59. The van der Waals surface area contributed by atoms with E-state index in [0.717, 1.165) is 10.5 Å². The van der Waals surface area contributed by atoms with Crippen LogP contribution >= 0.6 is 11.8 Å². The Hall–Kier alpha value is -2.31. The second-order valence-electron chi connectivity index (χ2n) is 5.07. The molecule has 0 saturated carbocycles. The number of carbonyl (C=O) groups excluding carboxylic acids is 2. The van der Waals surface area contributed by atoms with Gasteiger partial charge in [0.2, 0.25) is 0 Å². The summed E-state index contributed by atoms with van der Waals surface area (Å²) in [6.45, 7) is 0.107. The van der Waals surface area contributed by atoms with Gasteiger partial charge in [-0.25, -0.2) is 4.79 Å². The molecule has 126 valence electrons. The van der Waals surface area contributed by atoms with E-state index in [0.29, 0.717) is 11.1 Å². The fourth-order valence-corrected chi connectivity index (χ4v) is 2.52. The van der Waals surface area contributed by atoms with Gasteiger partial charge in [0.05, 0.1) is 18.8 Å². The first kappa shape index (κ1) is 18.0. The number of nitrogens with one attached hydrogen (secondary N) is 1. The maximum absolute atomic E-state index is 12.1. The molecule has 0 radical (unpaired) electrons. The number of carbonyl (C=O) groups is 2. The lowest BCUT2D eigenvalue weighted by molar-refractivity contribution is 0.0600. The monoisotopic (exact) mass is 345 g/mol. The zero-order valence-corrected chi connectivity index (χ0v) is 14.3. The molecule has 0 fully saturated rings. The summed E-state index contributed by atoms with van der Waals surface area (Å²) in [7, 11) is 1.30. The molecule has 2 N–H and O–H groups in total. The lowest BCUT2D eigenvalue weighted by atomic mass is 10.1. The van der Waals surface area contributed by atoms with Crippen LogP contribution in [0.25, 0.3) is 0 Å². The fraction of sp³-hybridized carbons (Fsp3) is 0.222. The molecule has 24 heavy (non-hydrogen) atoms. The molecule has 0 aliphatic heterocycles. The van der Waals surface area contributed by atoms with Crippen LogP contribution in [-0.2, 0) is 4.74 Å². The van der Waals surface area contributed by atoms with Gasteiger partial charge >= 0.3 is 5.97 Å². The third-order valence-corrected chi connectivity index (χ3v) is 4.27. The second kappa shape index (κ2) is 8.52. The van der Waals surface area contributed by atoms with E-state index in [9.17, 15) is 14.7 Å². The van der Waals surface area contributed by atoms with Crippen molar-refractivity contribution in [3.8, 4) is 0 Å². The molecule has 1 unspecified atom stereocenters. The number of aliphatic hydroxyl groups excluding tert-OH is 1. The fourth-order valence-electron chi connectivity index (χ4n) is 2.11. The average molecular weight is 345 g/mol. The first-order valence-electron chi connectivity index (χ1n) is 7.33. The molecular formula is C18H19NO4S. The standard InChI is InChI=1S/C18H19NO4S/c1-23-18(22)14-5-3-13(4-6-14)17(21)19-11-16(20)12-7-9-15(24-2)10-8-12/h3-10,16,20H,11H2,1-2H3,(H,19,21). The summed E-state index contributed by atoms with van der Waals surface area (Å²) in [4.78, 5) is 24.6. The summed E-state index contributed by atoms with van der Waals surface area (Å²) in [5.74, 6) is -0.766. The topological polar surface area (TPSA) is 75.6 Å². The molecule has 0 spiro atoms. The first-order valence-corrected chi connectivity index (χ1v) is 8.56. The summed E-state index contributed by atoms with van der Waals surface area (Å²) in [6, 6.07) is 13.7. The highest BCUT2D eigenvalue weighted by Crippen LogP contribution is 2.18. The van der Waals surface area contributed by atoms with Crippen LogP contribution in [0.1, 0.15) is 32.4 Å². The molecule has 0 aromatic heterocycles. The average Bonchev–Trinajstić information content (AvgIpc) is 2.65. The van der Waals surface area contributed by atoms with E-state index in [4.69, 9.17) is 0 Å². The van der Waals surface area contributed by atoms with E-state index in [-0.39, 0.29) is 12.5 Å². The molecule has 1 amide bonds. The minimum atomic E-state index is -0.779. The van der Waals surface area contributed by atoms with E-state index in [1.165, 1.54) is 19.2 Å². The highest BCUT2D eigenvalue weighted by Gasteiger charge is 2.12. The van der Waals surface area contributed by atoms with Crippen LogP contribution < -0.4 is 5.32 Å². The van der Waals surface area contributed by atoms with Crippen molar-refractivity contribution in [2.45, 2.75) is 11.0 Å². The summed E-state index contributed by atoms with van der Waals surface area (Å²) in [5, 5.41) is 12.8. The summed E-state index contributed by atoms with van der Waals surface area (Å²) in [5.41, 5.74) is 1.53. The maximum Gasteiger partial charge on any atom is 0.337 e. The molecule has 5 nitrogen and oxygen atoms in total. The van der Waals surface area contributed by atoms with Crippen LogP contribution in [0.2, 0.25) is 0 Å². The smallest absolute Gasteiger partial charge is 0.337 e. The van der Waals surface area contributed by atoms with Gasteiger partial charge in [-0.1, -0.05) is 12.1 Å². The van der Waals surface area contributed by atoms with Crippen LogP contribution in [0, 0.1) is 0 Å². The largest absolute Gasteiger partial charge is 0.465 e. The van der Waals surface area contributed by atoms with E-state index >= 15 is 0 Å². The Labute approximate surface area is 145 Å².